The van der Waals surface area contributed by atoms with Gasteiger partial charge in [-0.1, -0.05) is 0 Å². The van der Waals surface area contributed by atoms with E-state index in [1.165, 1.54) is 0 Å². The van der Waals surface area contributed by atoms with Crippen molar-refractivity contribution in [2.24, 2.45) is 7.05 Å². The normalized spacial score (nSPS) is 10.9. The van der Waals surface area contributed by atoms with E-state index in [0.29, 0.717) is 6.54 Å². The molecular formula is C16H16N2O2. The SMILES string of the molecule is COc1ccc2c(ccn2CC(=O)c2cccn2C)c1. The lowest BCUT2D eigenvalue weighted by atomic mass is 10.2. The number of aromatic nitrogens is 2. The fourth-order valence-electron chi connectivity index (χ4n) is 2.43. The average Bonchev–Trinajstić information content (AvgIpc) is 3.05. The van der Waals surface area contributed by atoms with Crippen LogP contribution in [0.1, 0.15) is 10.5 Å². The lowest BCUT2D eigenvalue weighted by Crippen LogP contribution is -2.12. The Labute approximate surface area is 117 Å². The number of hydrogen-bond acceptors (Lipinski definition) is 2. The van der Waals surface area contributed by atoms with Crippen LogP contribution < -0.4 is 4.74 Å². The first-order valence-corrected chi connectivity index (χ1v) is 6.46. The molecule has 0 aliphatic heterocycles. The van der Waals surface area contributed by atoms with Crippen molar-refractivity contribution in [1.82, 2.24) is 9.13 Å². The van der Waals surface area contributed by atoms with Gasteiger partial charge in [-0.15, -0.1) is 0 Å². The summed E-state index contributed by atoms with van der Waals surface area (Å²) in [5.41, 5.74) is 1.76. The number of aryl methyl sites for hydroxylation is 1. The Balaban J connectivity index is 1.92. The van der Waals surface area contributed by atoms with E-state index in [1.54, 1.807) is 7.11 Å². The quantitative estimate of drug-likeness (QED) is 0.682. The zero-order chi connectivity index (χ0) is 14.1. The number of benzene rings is 1. The van der Waals surface area contributed by atoms with Crippen LogP contribution in [0.15, 0.2) is 48.8 Å². The third-order valence-corrected chi connectivity index (χ3v) is 3.52. The van der Waals surface area contributed by atoms with Crippen LogP contribution in [-0.2, 0) is 13.6 Å². The molecule has 0 unspecified atom stereocenters. The molecule has 0 saturated carbocycles. The van der Waals surface area contributed by atoms with Gasteiger partial charge in [-0.05, 0) is 36.4 Å². The predicted octanol–water partition coefficient (Wildman–Crippen LogP) is 2.87. The van der Waals surface area contributed by atoms with Gasteiger partial charge in [-0.2, -0.15) is 0 Å². The van der Waals surface area contributed by atoms with E-state index in [0.717, 1.165) is 22.3 Å². The molecular weight excluding hydrogens is 252 g/mol. The summed E-state index contributed by atoms with van der Waals surface area (Å²) in [5, 5.41) is 1.07. The van der Waals surface area contributed by atoms with Gasteiger partial charge in [-0.3, -0.25) is 4.79 Å². The summed E-state index contributed by atoms with van der Waals surface area (Å²) in [6.07, 6.45) is 3.82. The summed E-state index contributed by atoms with van der Waals surface area (Å²) in [7, 11) is 3.53. The van der Waals surface area contributed by atoms with Crippen LogP contribution in [-0.4, -0.2) is 22.0 Å². The highest BCUT2D eigenvalue weighted by Crippen LogP contribution is 2.22. The molecule has 0 amide bonds. The van der Waals surface area contributed by atoms with Gasteiger partial charge in [0.15, 0.2) is 5.78 Å². The van der Waals surface area contributed by atoms with Crippen LogP contribution in [0, 0.1) is 0 Å². The summed E-state index contributed by atoms with van der Waals surface area (Å²) in [6, 6.07) is 11.6. The number of ether oxygens (including phenoxy) is 1. The minimum Gasteiger partial charge on any atom is -0.497 e. The number of rotatable bonds is 4. The Bertz CT molecular complexity index is 768. The average molecular weight is 268 g/mol. The molecule has 20 heavy (non-hydrogen) atoms. The predicted molar refractivity (Wildman–Crippen MR) is 78.2 cm³/mol. The van der Waals surface area contributed by atoms with Gasteiger partial charge in [0, 0.05) is 30.3 Å². The molecule has 1 aromatic carbocycles. The monoisotopic (exact) mass is 268 g/mol. The summed E-state index contributed by atoms with van der Waals surface area (Å²) < 4.78 is 9.01. The van der Waals surface area contributed by atoms with Crippen LogP contribution >= 0.6 is 0 Å². The molecule has 3 rings (SSSR count). The first-order valence-electron chi connectivity index (χ1n) is 6.46. The fourth-order valence-corrected chi connectivity index (χ4v) is 2.43. The van der Waals surface area contributed by atoms with Crippen LogP contribution in [0.3, 0.4) is 0 Å². The number of fused-ring (bicyclic) bond motifs is 1. The van der Waals surface area contributed by atoms with Gasteiger partial charge in [0.1, 0.15) is 5.75 Å². The van der Waals surface area contributed by atoms with Gasteiger partial charge < -0.3 is 13.9 Å². The smallest absolute Gasteiger partial charge is 0.198 e. The first kappa shape index (κ1) is 12.5. The lowest BCUT2D eigenvalue weighted by molar-refractivity contribution is 0.0965. The number of ketones is 1. The number of hydrogen-bond donors (Lipinski definition) is 0. The minimum atomic E-state index is 0.103. The second-order valence-electron chi connectivity index (χ2n) is 4.80. The summed E-state index contributed by atoms with van der Waals surface area (Å²) in [6.45, 7) is 0.341. The molecule has 0 fully saturated rings. The van der Waals surface area contributed by atoms with Gasteiger partial charge in [0.05, 0.1) is 19.3 Å². The zero-order valence-corrected chi connectivity index (χ0v) is 11.5. The largest absolute Gasteiger partial charge is 0.497 e. The molecule has 2 heterocycles. The van der Waals surface area contributed by atoms with E-state index >= 15 is 0 Å². The number of nitrogens with zero attached hydrogens (tertiary/aromatic N) is 2. The van der Waals surface area contributed by atoms with E-state index in [-0.39, 0.29) is 5.78 Å². The summed E-state index contributed by atoms with van der Waals surface area (Å²) in [4.78, 5) is 12.3. The van der Waals surface area contributed by atoms with E-state index in [2.05, 4.69) is 0 Å². The minimum absolute atomic E-state index is 0.103. The highest BCUT2D eigenvalue weighted by Gasteiger charge is 2.11. The standard InChI is InChI=1S/C16H16N2O2/c1-17-8-3-4-15(17)16(19)11-18-9-7-12-10-13(20-2)5-6-14(12)18/h3-10H,11H2,1-2H3. The molecule has 0 spiro atoms. The van der Waals surface area contributed by atoms with Crippen molar-refractivity contribution in [2.45, 2.75) is 6.54 Å². The molecule has 0 saturated heterocycles. The third kappa shape index (κ3) is 2.09. The lowest BCUT2D eigenvalue weighted by Gasteiger charge is -2.06. The van der Waals surface area contributed by atoms with Crippen molar-refractivity contribution >= 4 is 16.7 Å². The van der Waals surface area contributed by atoms with Crippen molar-refractivity contribution in [3.05, 3.63) is 54.5 Å². The number of methoxy groups -OCH3 is 1. The van der Waals surface area contributed by atoms with Gasteiger partial charge in [0.25, 0.3) is 0 Å². The molecule has 4 nitrogen and oxygen atoms in total. The van der Waals surface area contributed by atoms with Crippen LogP contribution in [0.2, 0.25) is 0 Å². The van der Waals surface area contributed by atoms with Crippen molar-refractivity contribution in [1.29, 1.82) is 0 Å². The molecule has 0 bridgehead atoms. The van der Waals surface area contributed by atoms with E-state index in [1.807, 2.05) is 65.0 Å². The third-order valence-electron chi connectivity index (χ3n) is 3.52. The van der Waals surface area contributed by atoms with Crippen LogP contribution in [0.5, 0.6) is 5.75 Å². The van der Waals surface area contributed by atoms with Gasteiger partial charge >= 0.3 is 0 Å². The zero-order valence-electron chi connectivity index (χ0n) is 11.5. The first-order chi connectivity index (χ1) is 9.69. The molecule has 4 heteroatoms. The van der Waals surface area contributed by atoms with Crippen LogP contribution in [0.25, 0.3) is 10.9 Å². The fraction of sp³-hybridized carbons (Fsp3) is 0.188. The maximum Gasteiger partial charge on any atom is 0.198 e. The second kappa shape index (κ2) is 4.89. The topological polar surface area (TPSA) is 36.2 Å². The molecule has 0 aliphatic rings. The summed E-state index contributed by atoms with van der Waals surface area (Å²) in [5.74, 6) is 0.926. The summed E-state index contributed by atoms with van der Waals surface area (Å²) >= 11 is 0. The molecule has 2 aromatic heterocycles. The molecule has 102 valence electrons. The van der Waals surface area contributed by atoms with Crippen LogP contribution in [0.4, 0.5) is 0 Å². The number of carbonyl (C=O) groups excluding carboxylic acids is 1. The molecule has 0 atom stereocenters. The Morgan fingerprint density at radius 2 is 2.05 bits per heavy atom. The van der Waals surface area contributed by atoms with Gasteiger partial charge in [0.2, 0.25) is 0 Å². The number of Topliss-reactive ketones (excluding diaryl/α,β-unsaturated/α-hetero) is 1. The maximum atomic E-state index is 12.3. The molecule has 0 radical (unpaired) electrons. The number of carbonyl (C=O) groups is 1. The van der Waals surface area contributed by atoms with Crippen molar-refractivity contribution < 1.29 is 9.53 Å². The molecule has 3 aromatic rings. The van der Waals surface area contributed by atoms with Crippen molar-refractivity contribution in [2.75, 3.05) is 7.11 Å². The van der Waals surface area contributed by atoms with Crippen molar-refractivity contribution in [3.63, 3.8) is 0 Å². The van der Waals surface area contributed by atoms with E-state index in [4.69, 9.17) is 4.74 Å². The maximum absolute atomic E-state index is 12.3. The Hall–Kier alpha value is -2.49. The van der Waals surface area contributed by atoms with Crippen molar-refractivity contribution in [3.8, 4) is 5.75 Å². The highest BCUT2D eigenvalue weighted by molar-refractivity contribution is 5.95. The van der Waals surface area contributed by atoms with E-state index in [9.17, 15) is 4.79 Å². The highest BCUT2D eigenvalue weighted by atomic mass is 16.5. The van der Waals surface area contributed by atoms with Gasteiger partial charge in [-0.25, -0.2) is 0 Å². The Morgan fingerprint density at radius 1 is 1.20 bits per heavy atom. The van der Waals surface area contributed by atoms with E-state index < -0.39 is 0 Å². The Kier molecular flexibility index (Phi) is 3.06. The second-order valence-corrected chi connectivity index (χ2v) is 4.80. The molecule has 0 N–H and O–H groups in total. The molecule has 0 aliphatic carbocycles. The Morgan fingerprint density at radius 3 is 2.75 bits per heavy atom.